The van der Waals surface area contributed by atoms with Gasteiger partial charge in [-0.3, -0.25) is 0 Å². The summed E-state index contributed by atoms with van der Waals surface area (Å²) in [6.07, 6.45) is -0.925. The molecule has 4 nitrogen and oxygen atoms in total. The van der Waals surface area contributed by atoms with Gasteiger partial charge in [-0.2, -0.15) is 4.90 Å². The van der Waals surface area contributed by atoms with Crippen molar-refractivity contribution in [2.45, 2.75) is 18.7 Å². The molecule has 0 fully saturated rings. The van der Waals surface area contributed by atoms with E-state index >= 15 is 0 Å². The number of hydrogen-bond donors (Lipinski definition) is 0. The van der Waals surface area contributed by atoms with Crippen molar-refractivity contribution in [3.05, 3.63) is 84.7 Å². The first kappa shape index (κ1) is 17.3. The van der Waals surface area contributed by atoms with Crippen LogP contribution in [0.25, 0.3) is 0 Å². The maximum atomic E-state index is 6.47. The van der Waals surface area contributed by atoms with Gasteiger partial charge in [0.05, 0.1) is 16.7 Å². The van der Waals surface area contributed by atoms with Crippen LogP contribution in [-0.2, 0) is 0 Å². The van der Waals surface area contributed by atoms with E-state index in [0.717, 1.165) is 47.4 Å². The third-order valence-corrected chi connectivity index (χ3v) is 6.72. The number of rotatable bonds is 0. The van der Waals surface area contributed by atoms with Crippen LogP contribution in [0, 0.1) is 0 Å². The molecule has 3 aliphatic heterocycles. The minimum absolute atomic E-state index is 0.308. The lowest BCUT2D eigenvalue weighted by Gasteiger charge is -2.51. The summed E-state index contributed by atoms with van der Waals surface area (Å²) in [4.78, 5) is 2.15. The summed E-state index contributed by atoms with van der Waals surface area (Å²) >= 11 is 10.7. The van der Waals surface area contributed by atoms with E-state index in [-0.39, 0.29) is 18.7 Å². The molecular weight excluding hydrogens is 554 g/mol. The zero-order valence-electron chi connectivity index (χ0n) is 14.2. The standard InChI is InChI=1S/C21H12Br3NO3/c22-10-1-4-16-13(7-10)19-25-20(26-16)14-8-11(23)2-5-17(14)28-21(25)15-9-12(24)3-6-18(15)27-19/h1-9,19-21H/t19-,20-,21+/m1/s1. The zero-order valence-corrected chi connectivity index (χ0v) is 19.0. The van der Waals surface area contributed by atoms with Crippen LogP contribution < -0.4 is 14.2 Å². The average molecular weight is 566 g/mol. The van der Waals surface area contributed by atoms with Gasteiger partial charge in [0.25, 0.3) is 0 Å². The van der Waals surface area contributed by atoms with Crippen molar-refractivity contribution in [1.29, 1.82) is 0 Å². The number of benzene rings is 3. The van der Waals surface area contributed by atoms with Crippen LogP contribution in [0.3, 0.4) is 0 Å². The molecule has 0 N–H and O–H groups in total. The Balaban J connectivity index is 1.61. The Morgan fingerprint density at radius 2 is 0.857 bits per heavy atom. The monoisotopic (exact) mass is 563 g/mol. The van der Waals surface area contributed by atoms with Crippen LogP contribution in [0.2, 0.25) is 0 Å². The predicted octanol–water partition coefficient (Wildman–Crippen LogP) is 6.85. The summed E-state index contributed by atoms with van der Waals surface area (Å²) in [5.41, 5.74) is 2.93. The van der Waals surface area contributed by atoms with Crippen molar-refractivity contribution in [3.63, 3.8) is 0 Å². The summed E-state index contributed by atoms with van der Waals surface area (Å²) in [7, 11) is 0. The van der Waals surface area contributed by atoms with Crippen LogP contribution in [0.1, 0.15) is 35.4 Å². The Hall–Kier alpha value is -1.54. The van der Waals surface area contributed by atoms with Gasteiger partial charge < -0.3 is 14.2 Å². The van der Waals surface area contributed by atoms with Gasteiger partial charge >= 0.3 is 0 Å². The molecule has 7 heteroatoms. The Morgan fingerprint density at radius 1 is 0.536 bits per heavy atom. The van der Waals surface area contributed by atoms with Crippen molar-refractivity contribution in [3.8, 4) is 17.2 Å². The van der Waals surface area contributed by atoms with Crippen LogP contribution in [-0.4, -0.2) is 4.90 Å². The Labute approximate surface area is 186 Å². The first-order valence-corrected chi connectivity index (χ1v) is 11.1. The van der Waals surface area contributed by atoms with E-state index in [1.165, 1.54) is 0 Å². The van der Waals surface area contributed by atoms with Gasteiger partial charge in [0.15, 0.2) is 18.7 Å². The molecule has 140 valence electrons. The fourth-order valence-corrected chi connectivity index (χ4v) is 5.18. The summed E-state index contributed by atoms with van der Waals surface area (Å²) in [5.74, 6) is 2.46. The molecule has 6 rings (SSSR count). The van der Waals surface area contributed by atoms with Gasteiger partial charge in [-0.05, 0) is 54.6 Å². The van der Waals surface area contributed by atoms with E-state index in [4.69, 9.17) is 14.2 Å². The second-order valence-corrected chi connectivity index (χ2v) is 9.65. The third-order valence-electron chi connectivity index (χ3n) is 5.24. The summed E-state index contributed by atoms with van der Waals surface area (Å²) < 4.78 is 22.3. The molecule has 3 heterocycles. The Morgan fingerprint density at radius 3 is 1.18 bits per heavy atom. The van der Waals surface area contributed by atoms with Crippen molar-refractivity contribution in [2.24, 2.45) is 0 Å². The molecule has 0 bridgehead atoms. The Bertz CT molecular complexity index is 994. The third kappa shape index (κ3) is 2.49. The number of nitrogens with zero attached hydrogens (tertiary/aromatic N) is 1. The lowest BCUT2D eigenvalue weighted by atomic mass is 9.99. The smallest absolute Gasteiger partial charge is 0.188 e. The molecule has 0 aliphatic carbocycles. The zero-order chi connectivity index (χ0) is 19.0. The first-order chi connectivity index (χ1) is 13.6. The minimum atomic E-state index is -0.308. The summed E-state index contributed by atoms with van der Waals surface area (Å²) in [6, 6.07) is 18.1. The fourth-order valence-electron chi connectivity index (χ4n) is 4.04. The summed E-state index contributed by atoms with van der Waals surface area (Å²) in [5, 5.41) is 0. The maximum absolute atomic E-state index is 6.47. The van der Waals surface area contributed by atoms with Gasteiger partial charge in [0.1, 0.15) is 17.2 Å². The van der Waals surface area contributed by atoms with Gasteiger partial charge in [-0.15, -0.1) is 0 Å². The number of hydrogen-bond acceptors (Lipinski definition) is 4. The van der Waals surface area contributed by atoms with E-state index < -0.39 is 0 Å². The highest BCUT2D eigenvalue weighted by atomic mass is 79.9. The average Bonchev–Trinajstić information content (AvgIpc) is 2.69. The molecule has 3 aromatic carbocycles. The molecule has 0 aromatic heterocycles. The van der Waals surface area contributed by atoms with E-state index in [1.54, 1.807) is 0 Å². The van der Waals surface area contributed by atoms with Gasteiger partial charge in [-0.25, -0.2) is 0 Å². The molecule has 0 amide bonds. The molecule has 0 spiro atoms. The molecule has 0 unspecified atom stereocenters. The van der Waals surface area contributed by atoms with Crippen molar-refractivity contribution < 1.29 is 14.2 Å². The molecule has 3 atom stereocenters. The number of halogens is 3. The fraction of sp³-hybridized carbons (Fsp3) is 0.143. The molecule has 0 radical (unpaired) electrons. The summed E-state index contributed by atoms with van der Waals surface area (Å²) in [6.45, 7) is 0. The van der Waals surface area contributed by atoms with E-state index in [0.29, 0.717) is 0 Å². The predicted molar refractivity (Wildman–Crippen MR) is 114 cm³/mol. The van der Waals surface area contributed by atoms with E-state index in [1.807, 2.05) is 54.6 Å². The molecule has 0 saturated heterocycles. The number of fused-ring (bicyclic) bond motifs is 6. The SMILES string of the molecule is Brc1ccc2c(c1)[C@H]1Oc3ccc(Br)cc3[C@H]3Oc4ccc(Br)cc4[C@H](O2)N13. The molecule has 3 aromatic rings. The largest absolute Gasteiger partial charge is 0.470 e. The van der Waals surface area contributed by atoms with Gasteiger partial charge in [0.2, 0.25) is 0 Å². The van der Waals surface area contributed by atoms with E-state index in [9.17, 15) is 0 Å². The Kier molecular flexibility index (Phi) is 3.85. The highest BCUT2D eigenvalue weighted by molar-refractivity contribution is 9.11. The highest BCUT2D eigenvalue weighted by Crippen LogP contribution is 2.56. The van der Waals surface area contributed by atoms with Gasteiger partial charge in [0, 0.05) is 13.4 Å². The van der Waals surface area contributed by atoms with Gasteiger partial charge in [-0.1, -0.05) is 47.8 Å². The lowest BCUT2D eigenvalue weighted by molar-refractivity contribution is -0.202. The first-order valence-electron chi connectivity index (χ1n) is 8.74. The topological polar surface area (TPSA) is 30.9 Å². The van der Waals surface area contributed by atoms with Crippen molar-refractivity contribution in [1.82, 2.24) is 4.90 Å². The molecule has 3 aliphatic rings. The maximum Gasteiger partial charge on any atom is 0.188 e. The molecular formula is C21H12Br3NO3. The van der Waals surface area contributed by atoms with E-state index in [2.05, 4.69) is 52.7 Å². The molecule has 0 saturated carbocycles. The van der Waals surface area contributed by atoms with Crippen LogP contribution in [0.15, 0.2) is 68.0 Å². The van der Waals surface area contributed by atoms with Crippen LogP contribution >= 0.6 is 47.8 Å². The number of ether oxygens (including phenoxy) is 3. The highest BCUT2D eigenvalue weighted by Gasteiger charge is 2.51. The second-order valence-electron chi connectivity index (χ2n) is 6.90. The molecule has 28 heavy (non-hydrogen) atoms. The minimum Gasteiger partial charge on any atom is -0.470 e. The lowest BCUT2D eigenvalue weighted by Crippen LogP contribution is -2.50. The quantitative estimate of drug-likeness (QED) is 0.298. The van der Waals surface area contributed by atoms with Crippen LogP contribution in [0.4, 0.5) is 0 Å². The van der Waals surface area contributed by atoms with Crippen LogP contribution in [0.5, 0.6) is 17.2 Å². The normalized spacial score (nSPS) is 23.9. The van der Waals surface area contributed by atoms with Crippen molar-refractivity contribution in [2.75, 3.05) is 0 Å². The second kappa shape index (κ2) is 6.23. The van der Waals surface area contributed by atoms with Crippen molar-refractivity contribution >= 4 is 47.8 Å².